The van der Waals surface area contributed by atoms with Crippen LogP contribution in [0.25, 0.3) is 0 Å². The lowest BCUT2D eigenvalue weighted by molar-refractivity contribution is -0.142. The number of carbonyl (C=O) groups is 4. The van der Waals surface area contributed by atoms with Gasteiger partial charge in [0.05, 0.1) is 12.4 Å². The van der Waals surface area contributed by atoms with Crippen LogP contribution in [0.1, 0.15) is 32.4 Å². The number of thioether (sulfide) groups is 1. The first kappa shape index (κ1) is 28.8. The number of aromatic nitrogens is 2. The molecule has 5 atom stereocenters. The second kappa shape index (κ2) is 14.8. The maximum absolute atomic E-state index is 13.0. The van der Waals surface area contributed by atoms with Gasteiger partial charge in [-0.05, 0) is 24.3 Å². The van der Waals surface area contributed by atoms with E-state index in [1.54, 1.807) is 18.7 Å². The van der Waals surface area contributed by atoms with Crippen molar-refractivity contribution in [2.45, 2.75) is 57.3 Å². The maximum atomic E-state index is 13.0. The van der Waals surface area contributed by atoms with E-state index in [9.17, 15) is 24.3 Å². The molecular formula is C20H34N6O5S2. The fourth-order valence-corrected chi connectivity index (χ4v) is 3.63. The molecule has 33 heavy (non-hydrogen) atoms. The fraction of sp³-hybridized carbons (Fsp3) is 0.650. The van der Waals surface area contributed by atoms with E-state index in [4.69, 9.17) is 5.73 Å². The number of carboxylic acids is 1. The summed E-state index contributed by atoms with van der Waals surface area (Å²) in [7, 11) is 0. The number of carboxylic acid groups (broad SMARTS) is 1. The fourth-order valence-electron chi connectivity index (χ4n) is 2.88. The molecule has 0 aliphatic carbocycles. The molecule has 0 bridgehead atoms. The third kappa shape index (κ3) is 9.64. The summed E-state index contributed by atoms with van der Waals surface area (Å²) < 4.78 is 0. The quantitative estimate of drug-likeness (QED) is 0.158. The van der Waals surface area contributed by atoms with Crippen LogP contribution in [-0.4, -0.2) is 80.7 Å². The maximum Gasteiger partial charge on any atom is 0.326 e. The summed E-state index contributed by atoms with van der Waals surface area (Å²) in [5.41, 5.74) is 6.45. The van der Waals surface area contributed by atoms with Crippen molar-refractivity contribution in [3.8, 4) is 0 Å². The molecule has 0 fully saturated rings. The number of rotatable bonds is 15. The summed E-state index contributed by atoms with van der Waals surface area (Å²) in [4.78, 5) is 56.3. The molecule has 0 aromatic carbocycles. The Balaban J connectivity index is 2.84. The molecule has 1 heterocycles. The molecule has 11 nitrogen and oxygen atoms in total. The number of H-pyrrole nitrogens is 1. The number of aliphatic carboxylic acids is 1. The normalized spacial score (nSPS) is 15.5. The third-order valence-corrected chi connectivity index (χ3v) is 6.18. The van der Waals surface area contributed by atoms with Crippen molar-refractivity contribution < 1.29 is 24.3 Å². The minimum Gasteiger partial charge on any atom is -0.480 e. The van der Waals surface area contributed by atoms with Crippen LogP contribution in [-0.2, 0) is 25.6 Å². The smallest absolute Gasteiger partial charge is 0.326 e. The number of carbonyl (C=O) groups excluding carboxylic acids is 3. The highest BCUT2D eigenvalue weighted by atomic mass is 32.2. The topological polar surface area (TPSA) is 179 Å². The Labute approximate surface area is 203 Å². The Bertz CT molecular complexity index is 779. The van der Waals surface area contributed by atoms with Crippen LogP contribution in [0.5, 0.6) is 0 Å². The molecule has 1 aromatic rings. The predicted molar refractivity (Wildman–Crippen MR) is 130 cm³/mol. The SMILES string of the molecule is CCC(C)C(NC(=O)C(N)CCSC)C(=O)NC(CS)C(=O)NC(Cc1cnc[nH]1)C(=O)O. The zero-order valence-electron chi connectivity index (χ0n) is 19.0. The van der Waals surface area contributed by atoms with Gasteiger partial charge in [0, 0.05) is 24.1 Å². The lowest BCUT2D eigenvalue weighted by atomic mass is 9.97. The molecule has 0 aliphatic rings. The highest BCUT2D eigenvalue weighted by molar-refractivity contribution is 7.98. The largest absolute Gasteiger partial charge is 0.480 e. The van der Waals surface area contributed by atoms with E-state index >= 15 is 0 Å². The van der Waals surface area contributed by atoms with Gasteiger partial charge in [-0.1, -0.05) is 20.3 Å². The zero-order valence-corrected chi connectivity index (χ0v) is 20.7. The van der Waals surface area contributed by atoms with Crippen LogP contribution < -0.4 is 21.7 Å². The van der Waals surface area contributed by atoms with Gasteiger partial charge < -0.3 is 31.8 Å². The number of nitrogens with two attached hydrogens (primary N) is 1. The van der Waals surface area contributed by atoms with Gasteiger partial charge in [-0.3, -0.25) is 14.4 Å². The average molecular weight is 503 g/mol. The van der Waals surface area contributed by atoms with E-state index in [0.717, 1.165) is 0 Å². The first-order valence-corrected chi connectivity index (χ1v) is 12.6. The van der Waals surface area contributed by atoms with Crippen LogP contribution in [0.15, 0.2) is 12.5 Å². The van der Waals surface area contributed by atoms with Gasteiger partial charge in [0.1, 0.15) is 18.1 Å². The van der Waals surface area contributed by atoms with Crippen molar-refractivity contribution in [3.63, 3.8) is 0 Å². The summed E-state index contributed by atoms with van der Waals surface area (Å²) in [6.45, 7) is 3.68. The van der Waals surface area contributed by atoms with Crippen molar-refractivity contribution in [2.24, 2.45) is 11.7 Å². The van der Waals surface area contributed by atoms with Gasteiger partial charge >= 0.3 is 5.97 Å². The molecule has 7 N–H and O–H groups in total. The molecule has 186 valence electrons. The molecule has 0 aliphatic heterocycles. The number of hydrogen-bond donors (Lipinski definition) is 7. The second-order valence-electron chi connectivity index (χ2n) is 7.68. The highest BCUT2D eigenvalue weighted by Crippen LogP contribution is 2.10. The van der Waals surface area contributed by atoms with Crippen LogP contribution >= 0.6 is 24.4 Å². The number of aromatic amines is 1. The third-order valence-electron chi connectivity index (χ3n) is 5.17. The lowest BCUT2D eigenvalue weighted by Crippen LogP contribution is -2.59. The van der Waals surface area contributed by atoms with Crippen LogP contribution in [0, 0.1) is 5.92 Å². The highest BCUT2D eigenvalue weighted by Gasteiger charge is 2.32. The number of nitrogens with one attached hydrogen (secondary N) is 4. The van der Waals surface area contributed by atoms with E-state index in [1.165, 1.54) is 12.5 Å². The average Bonchev–Trinajstić information content (AvgIpc) is 3.30. The van der Waals surface area contributed by atoms with Crippen LogP contribution in [0.3, 0.4) is 0 Å². The Morgan fingerprint density at radius 3 is 2.36 bits per heavy atom. The predicted octanol–water partition coefficient (Wildman–Crippen LogP) is -0.452. The van der Waals surface area contributed by atoms with E-state index in [-0.39, 0.29) is 18.1 Å². The molecule has 0 saturated heterocycles. The van der Waals surface area contributed by atoms with Crippen molar-refractivity contribution in [3.05, 3.63) is 18.2 Å². The summed E-state index contributed by atoms with van der Waals surface area (Å²) >= 11 is 5.69. The Morgan fingerprint density at radius 2 is 1.85 bits per heavy atom. The van der Waals surface area contributed by atoms with Crippen molar-refractivity contribution >= 4 is 48.1 Å². The summed E-state index contributed by atoms with van der Waals surface area (Å²) in [5, 5.41) is 17.1. The molecule has 0 spiro atoms. The monoisotopic (exact) mass is 502 g/mol. The number of hydrogen-bond acceptors (Lipinski definition) is 8. The van der Waals surface area contributed by atoms with Crippen molar-refractivity contribution in [2.75, 3.05) is 17.8 Å². The first-order chi connectivity index (χ1) is 15.6. The summed E-state index contributed by atoms with van der Waals surface area (Å²) in [5.74, 6) is -2.52. The Kier molecular flexibility index (Phi) is 12.9. The van der Waals surface area contributed by atoms with Gasteiger partial charge in [-0.15, -0.1) is 0 Å². The van der Waals surface area contributed by atoms with Crippen molar-refractivity contribution in [1.29, 1.82) is 0 Å². The van der Waals surface area contributed by atoms with Gasteiger partial charge in [-0.25, -0.2) is 9.78 Å². The first-order valence-electron chi connectivity index (χ1n) is 10.6. The van der Waals surface area contributed by atoms with Gasteiger partial charge in [0.25, 0.3) is 0 Å². The number of amides is 3. The summed E-state index contributed by atoms with van der Waals surface area (Å²) in [6, 6.07) is -3.98. The van der Waals surface area contributed by atoms with Crippen molar-refractivity contribution in [1.82, 2.24) is 25.9 Å². The van der Waals surface area contributed by atoms with E-state index in [1.807, 2.05) is 13.2 Å². The molecule has 13 heteroatoms. The minimum atomic E-state index is -1.23. The Morgan fingerprint density at radius 1 is 1.18 bits per heavy atom. The number of nitrogens with zero attached hydrogens (tertiary/aromatic N) is 1. The van der Waals surface area contributed by atoms with E-state index in [2.05, 4.69) is 38.5 Å². The van der Waals surface area contributed by atoms with Gasteiger partial charge in [0.2, 0.25) is 17.7 Å². The number of imidazole rings is 1. The van der Waals surface area contributed by atoms with Gasteiger partial charge in [-0.2, -0.15) is 24.4 Å². The molecule has 5 unspecified atom stereocenters. The molecule has 1 rings (SSSR count). The zero-order chi connectivity index (χ0) is 25.0. The Hall–Kier alpha value is -2.25. The lowest BCUT2D eigenvalue weighted by Gasteiger charge is -2.27. The van der Waals surface area contributed by atoms with E-state index in [0.29, 0.717) is 24.3 Å². The van der Waals surface area contributed by atoms with Crippen LogP contribution in [0.2, 0.25) is 0 Å². The minimum absolute atomic E-state index is 0.00615. The molecule has 3 amide bonds. The van der Waals surface area contributed by atoms with Crippen LogP contribution in [0.4, 0.5) is 0 Å². The molecule has 0 saturated carbocycles. The molecule has 0 radical (unpaired) electrons. The number of thiol groups is 1. The molecular weight excluding hydrogens is 468 g/mol. The second-order valence-corrected chi connectivity index (χ2v) is 9.03. The summed E-state index contributed by atoms with van der Waals surface area (Å²) in [6.07, 6.45) is 5.84. The van der Waals surface area contributed by atoms with E-state index < -0.39 is 47.9 Å². The van der Waals surface area contributed by atoms with Gasteiger partial charge in [0.15, 0.2) is 0 Å². The standard InChI is InChI=1S/C20H34N6O5S2/c1-4-11(2)16(26-17(27)13(21)5-6-33-3)19(29)25-15(9-32)18(28)24-14(20(30)31)7-12-8-22-10-23-12/h8,10-11,13-16,32H,4-7,9,21H2,1-3H3,(H,22,23)(H,24,28)(H,25,29)(H,26,27)(H,30,31). The molecule has 1 aromatic heterocycles.